The average Bonchev–Trinajstić information content (AvgIpc) is 2.60. The molecule has 7 heteroatoms. The van der Waals surface area contributed by atoms with Gasteiger partial charge in [0.2, 0.25) is 5.91 Å². The van der Waals surface area contributed by atoms with Crippen LogP contribution in [0.5, 0.6) is 11.5 Å². The molecule has 128 valence electrons. The van der Waals surface area contributed by atoms with Crippen LogP contribution in [0.25, 0.3) is 0 Å². The molecule has 1 N–H and O–H groups in total. The lowest BCUT2D eigenvalue weighted by Gasteiger charge is -2.08. The van der Waals surface area contributed by atoms with Crippen LogP contribution in [-0.4, -0.2) is 31.9 Å². The molecule has 0 spiro atoms. The first kappa shape index (κ1) is 18.1. The molecule has 2 rings (SSSR count). The van der Waals surface area contributed by atoms with E-state index in [0.29, 0.717) is 18.9 Å². The average molecular weight is 353 g/mol. The van der Waals surface area contributed by atoms with Gasteiger partial charge in [0.25, 0.3) is 0 Å². The Bertz CT molecular complexity index is 680. The normalized spacial score (nSPS) is 10.3. The molecule has 4 nitrogen and oxygen atoms in total. The minimum Gasteiger partial charge on any atom is -0.497 e. The number of halogens is 2. The van der Waals surface area contributed by atoms with Crippen molar-refractivity contribution in [3.63, 3.8) is 0 Å². The predicted octanol–water partition coefficient (Wildman–Crippen LogP) is 3.26. The van der Waals surface area contributed by atoms with Gasteiger partial charge in [-0.25, -0.2) is 8.78 Å². The highest BCUT2D eigenvalue weighted by atomic mass is 32.2. The number of amides is 1. The Morgan fingerprint density at radius 1 is 1.12 bits per heavy atom. The van der Waals surface area contributed by atoms with Crippen LogP contribution < -0.4 is 14.8 Å². The SMILES string of the molecule is COc1ccc(OCCNC(=O)CSc2cc(F)ccc2F)cc1. The van der Waals surface area contributed by atoms with Gasteiger partial charge in [-0.05, 0) is 42.5 Å². The predicted molar refractivity (Wildman–Crippen MR) is 88.6 cm³/mol. The van der Waals surface area contributed by atoms with Gasteiger partial charge < -0.3 is 14.8 Å². The molecule has 0 unspecified atom stereocenters. The number of hydrogen-bond acceptors (Lipinski definition) is 4. The summed E-state index contributed by atoms with van der Waals surface area (Å²) in [5, 5.41) is 2.65. The van der Waals surface area contributed by atoms with Crippen LogP contribution in [0.3, 0.4) is 0 Å². The van der Waals surface area contributed by atoms with Crippen LogP contribution >= 0.6 is 11.8 Å². The van der Waals surface area contributed by atoms with Crippen LogP contribution in [-0.2, 0) is 4.79 Å². The van der Waals surface area contributed by atoms with Gasteiger partial charge in [0.1, 0.15) is 29.7 Å². The van der Waals surface area contributed by atoms with Crippen molar-refractivity contribution in [1.29, 1.82) is 0 Å². The Kier molecular flexibility index (Phi) is 6.87. The molecule has 0 saturated heterocycles. The molecule has 2 aromatic rings. The summed E-state index contributed by atoms with van der Waals surface area (Å²) in [5.41, 5.74) is 0. The maximum Gasteiger partial charge on any atom is 0.230 e. The first-order valence-electron chi connectivity index (χ1n) is 7.20. The number of ether oxygens (including phenoxy) is 2. The van der Waals surface area contributed by atoms with E-state index in [1.807, 2.05) is 0 Å². The standard InChI is InChI=1S/C17H17F2NO3S/c1-22-13-3-5-14(6-4-13)23-9-8-20-17(21)11-24-16-10-12(18)2-7-15(16)19/h2-7,10H,8-9,11H2,1H3,(H,20,21). The molecule has 24 heavy (non-hydrogen) atoms. The third-order valence-electron chi connectivity index (χ3n) is 3.00. The molecule has 0 aliphatic carbocycles. The Hall–Kier alpha value is -2.28. The maximum atomic E-state index is 13.4. The van der Waals surface area contributed by atoms with Crippen molar-refractivity contribution in [2.75, 3.05) is 26.0 Å². The van der Waals surface area contributed by atoms with Gasteiger partial charge in [-0.1, -0.05) is 0 Å². The number of benzene rings is 2. The van der Waals surface area contributed by atoms with E-state index in [1.165, 1.54) is 0 Å². The molecular weight excluding hydrogens is 336 g/mol. The monoisotopic (exact) mass is 353 g/mol. The van der Waals surface area contributed by atoms with Crippen molar-refractivity contribution < 1.29 is 23.0 Å². The second-order valence-corrected chi connectivity index (χ2v) is 5.75. The molecule has 2 aromatic carbocycles. The Balaban J connectivity index is 1.66. The fraction of sp³-hybridized carbons (Fsp3) is 0.235. The number of hydrogen-bond donors (Lipinski definition) is 1. The number of carbonyl (C=O) groups excluding carboxylic acids is 1. The van der Waals surface area contributed by atoms with E-state index >= 15 is 0 Å². The number of carbonyl (C=O) groups is 1. The second kappa shape index (κ2) is 9.12. The highest BCUT2D eigenvalue weighted by molar-refractivity contribution is 8.00. The van der Waals surface area contributed by atoms with Gasteiger partial charge in [0, 0.05) is 4.90 Å². The third kappa shape index (κ3) is 5.73. The number of nitrogens with one attached hydrogen (secondary N) is 1. The van der Waals surface area contributed by atoms with Crippen LogP contribution in [0.1, 0.15) is 0 Å². The largest absolute Gasteiger partial charge is 0.497 e. The zero-order chi connectivity index (χ0) is 17.4. The summed E-state index contributed by atoms with van der Waals surface area (Å²) in [6, 6.07) is 10.2. The van der Waals surface area contributed by atoms with E-state index < -0.39 is 11.6 Å². The molecule has 0 radical (unpaired) electrons. The van der Waals surface area contributed by atoms with E-state index in [1.54, 1.807) is 31.4 Å². The van der Waals surface area contributed by atoms with Crippen molar-refractivity contribution in [2.24, 2.45) is 0 Å². The first-order valence-corrected chi connectivity index (χ1v) is 8.18. The zero-order valence-electron chi connectivity index (χ0n) is 13.1. The summed E-state index contributed by atoms with van der Waals surface area (Å²) in [7, 11) is 1.58. The second-order valence-electron chi connectivity index (χ2n) is 4.74. The van der Waals surface area contributed by atoms with Gasteiger partial charge in [0.05, 0.1) is 19.4 Å². The third-order valence-corrected chi connectivity index (χ3v) is 4.03. The summed E-state index contributed by atoms with van der Waals surface area (Å²) >= 11 is 0.946. The summed E-state index contributed by atoms with van der Waals surface area (Å²) in [6.07, 6.45) is 0. The lowest BCUT2D eigenvalue weighted by atomic mass is 10.3. The van der Waals surface area contributed by atoms with Crippen molar-refractivity contribution in [3.8, 4) is 11.5 Å². The minimum atomic E-state index is -0.544. The van der Waals surface area contributed by atoms with Gasteiger partial charge in [-0.15, -0.1) is 11.8 Å². The quantitative estimate of drug-likeness (QED) is 0.585. The fourth-order valence-corrected chi connectivity index (χ4v) is 2.60. The molecular formula is C17H17F2NO3S. The van der Waals surface area contributed by atoms with Crippen LogP contribution in [0.15, 0.2) is 47.4 Å². The summed E-state index contributed by atoms with van der Waals surface area (Å²) in [5.74, 6) is 0.0489. The maximum absolute atomic E-state index is 13.4. The highest BCUT2D eigenvalue weighted by Gasteiger charge is 2.08. The number of rotatable bonds is 8. The van der Waals surface area contributed by atoms with Crippen molar-refractivity contribution in [1.82, 2.24) is 5.32 Å². The molecule has 0 aliphatic rings. The number of thioether (sulfide) groups is 1. The Morgan fingerprint density at radius 3 is 2.54 bits per heavy atom. The van der Waals surface area contributed by atoms with Gasteiger partial charge in [0.15, 0.2) is 0 Å². The lowest BCUT2D eigenvalue weighted by molar-refractivity contribution is -0.118. The highest BCUT2D eigenvalue weighted by Crippen LogP contribution is 2.22. The van der Waals surface area contributed by atoms with E-state index in [0.717, 1.165) is 35.7 Å². The fourth-order valence-electron chi connectivity index (χ4n) is 1.81. The van der Waals surface area contributed by atoms with E-state index in [-0.39, 0.29) is 16.6 Å². The van der Waals surface area contributed by atoms with E-state index in [2.05, 4.69) is 5.32 Å². The number of methoxy groups -OCH3 is 1. The van der Waals surface area contributed by atoms with Gasteiger partial charge in [-0.3, -0.25) is 4.79 Å². The van der Waals surface area contributed by atoms with Crippen LogP contribution in [0, 0.1) is 11.6 Å². The van der Waals surface area contributed by atoms with Gasteiger partial charge >= 0.3 is 0 Å². The minimum absolute atomic E-state index is 0.00289. The van der Waals surface area contributed by atoms with E-state index in [4.69, 9.17) is 9.47 Å². The van der Waals surface area contributed by atoms with Crippen molar-refractivity contribution in [2.45, 2.75) is 4.90 Å². The lowest BCUT2D eigenvalue weighted by Crippen LogP contribution is -2.29. The molecule has 0 aromatic heterocycles. The van der Waals surface area contributed by atoms with Crippen molar-refractivity contribution in [3.05, 3.63) is 54.1 Å². The van der Waals surface area contributed by atoms with Gasteiger partial charge in [-0.2, -0.15) is 0 Å². The summed E-state index contributed by atoms with van der Waals surface area (Å²) in [6.45, 7) is 0.619. The molecule has 0 atom stereocenters. The summed E-state index contributed by atoms with van der Waals surface area (Å²) in [4.78, 5) is 11.8. The summed E-state index contributed by atoms with van der Waals surface area (Å²) < 4.78 is 37.0. The smallest absolute Gasteiger partial charge is 0.230 e. The Labute approximate surface area is 143 Å². The van der Waals surface area contributed by atoms with Crippen LogP contribution in [0.4, 0.5) is 8.78 Å². The van der Waals surface area contributed by atoms with Crippen molar-refractivity contribution >= 4 is 17.7 Å². The molecule has 0 bridgehead atoms. The molecule has 1 amide bonds. The first-order chi connectivity index (χ1) is 11.6. The zero-order valence-corrected chi connectivity index (χ0v) is 13.9. The molecule has 0 heterocycles. The molecule has 0 fully saturated rings. The van der Waals surface area contributed by atoms with E-state index in [9.17, 15) is 13.6 Å². The molecule has 0 aliphatic heterocycles. The Morgan fingerprint density at radius 2 is 1.83 bits per heavy atom. The van der Waals surface area contributed by atoms with Crippen LogP contribution in [0.2, 0.25) is 0 Å². The topological polar surface area (TPSA) is 47.6 Å². The molecule has 0 saturated carbocycles.